The molecule has 1 aromatic heterocycles. The molecule has 0 fully saturated rings. The van der Waals surface area contributed by atoms with Crippen molar-refractivity contribution in [1.29, 1.82) is 0 Å². The van der Waals surface area contributed by atoms with E-state index in [0.29, 0.717) is 24.7 Å². The third-order valence-electron chi connectivity index (χ3n) is 3.73. The van der Waals surface area contributed by atoms with Crippen LogP contribution in [-0.4, -0.2) is 39.3 Å². The van der Waals surface area contributed by atoms with Crippen LogP contribution in [0, 0.1) is 12.3 Å². The lowest BCUT2D eigenvalue weighted by Gasteiger charge is -2.38. The number of nitrogens with zero attached hydrogens (tertiary/aromatic N) is 2. The quantitative estimate of drug-likeness (QED) is 0.724. The molecular weight excluding hydrogens is 276 g/mol. The Bertz CT molecular complexity index is 522. The summed E-state index contributed by atoms with van der Waals surface area (Å²) in [5.74, 6) is 0.00629. The molecule has 1 rings (SSSR count). The summed E-state index contributed by atoms with van der Waals surface area (Å²) in [7, 11) is 0. The number of aliphatic carboxylic acids is 1. The number of hydrogen-bond acceptors (Lipinski definition) is 5. The minimum Gasteiger partial charge on any atom is -0.481 e. The molecule has 21 heavy (non-hydrogen) atoms. The minimum absolute atomic E-state index is 0.328. The number of carboxylic acid groups (broad SMARTS) is 1. The van der Waals surface area contributed by atoms with E-state index in [2.05, 4.69) is 20.8 Å². The molecule has 3 N–H and O–H groups in total. The Hall–Kier alpha value is -2.12. The van der Waals surface area contributed by atoms with E-state index in [1.54, 1.807) is 34.6 Å². The Kier molecular flexibility index (Phi) is 4.93. The van der Waals surface area contributed by atoms with Gasteiger partial charge in [0.25, 0.3) is 0 Å². The Labute approximate surface area is 123 Å². The fraction of sp³-hybridized carbons (Fsp3) is 0.692. The first kappa shape index (κ1) is 16.9. The molecule has 0 aromatic carbocycles. The van der Waals surface area contributed by atoms with E-state index in [1.165, 1.54) is 0 Å². The highest BCUT2D eigenvalue weighted by Gasteiger charge is 2.44. The maximum Gasteiger partial charge on any atom is 0.315 e. The number of carboxylic acids is 1. The molecule has 0 radical (unpaired) electrons. The Morgan fingerprint density at radius 1 is 1.29 bits per heavy atom. The van der Waals surface area contributed by atoms with Gasteiger partial charge in [0.2, 0.25) is 5.89 Å². The number of aromatic nitrogens is 2. The number of carbonyl (C=O) groups excluding carboxylic acids is 1. The van der Waals surface area contributed by atoms with Gasteiger partial charge in [-0.2, -0.15) is 4.98 Å². The second kappa shape index (κ2) is 6.11. The first-order valence-corrected chi connectivity index (χ1v) is 6.65. The minimum atomic E-state index is -1.10. The van der Waals surface area contributed by atoms with Gasteiger partial charge in [-0.1, -0.05) is 5.16 Å². The van der Waals surface area contributed by atoms with Crippen LogP contribution in [0.4, 0.5) is 4.79 Å². The lowest BCUT2D eigenvalue weighted by atomic mass is 9.74. The number of nitrogens with one attached hydrogen (secondary N) is 2. The van der Waals surface area contributed by atoms with Crippen molar-refractivity contribution in [2.75, 3.05) is 6.54 Å². The van der Waals surface area contributed by atoms with E-state index in [4.69, 9.17) is 4.52 Å². The molecule has 2 amide bonds. The van der Waals surface area contributed by atoms with Crippen molar-refractivity contribution in [1.82, 2.24) is 20.8 Å². The summed E-state index contributed by atoms with van der Waals surface area (Å²) in [4.78, 5) is 27.1. The van der Waals surface area contributed by atoms with Crippen molar-refractivity contribution in [3.63, 3.8) is 0 Å². The average molecular weight is 298 g/mol. The van der Waals surface area contributed by atoms with E-state index in [9.17, 15) is 14.7 Å². The predicted molar refractivity (Wildman–Crippen MR) is 74.8 cm³/mol. The molecule has 0 unspecified atom stereocenters. The fourth-order valence-corrected chi connectivity index (χ4v) is 1.48. The lowest BCUT2D eigenvalue weighted by molar-refractivity contribution is -0.150. The lowest BCUT2D eigenvalue weighted by Crippen LogP contribution is -2.59. The molecule has 0 spiro atoms. The monoisotopic (exact) mass is 298 g/mol. The number of rotatable bonds is 6. The molecule has 1 heterocycles. The van der Waals surface area contributed by atoms with Crippen molar-refractivity contribution >= 4 is 12.0 Å². The molecule has 0 aliphatic carbocycles. The number of urea groups is 1. The van der Waals surface area contributed by atoms with E-state index in [1.807, 2.05) is 0 Å². The molecule has 0 atom stereocenters. The van der Waals surface area contributed by atoms with Gasteiger partial charge in [-0.3, -0.25) is 4.79 Å². The van der Waals surface area contributed by atoms with Crippen LogP contribution in [0.2, 0.25) is 0 Å². The molecule has 0 saturated heterocycles. The van der Waals surface area contributed by atoms with Crippen LogP contribution in [0.5, 0.6) is 0 Å². The smallest absolute Gasteiger partial charge is 0.315 e. The summed E-state index contributed by atoms with van der Waals surface area (Å²) < 4.78 is 4.82. The highest BCUT2D eigenvalue weighted by Crippen LogP contribution is 2.30. The van der Waals surface area contributed by atoms with Gasteiger partial charge in [-0.25, -0.2) is 4.79 Å². The van der Waals surface area contributed by atoms with Gasteiger partial charge in [0.1, 0.15) is 0 Å². The number of carbonyl (C=O) groups is 2. The fourth-order valence-electron chi connectivity index (χ4n) is 1.48. The van der Waals surface area contributed by atoms with Crippen LogP contribution in [0.3, 0.4) is 0 Å². The topological polar surface area (TPSA) is 117 Å². The Morgan fingerprint density at radius 2 is 1.90 bits per heavy atom. The highest BCUT2D eigenvalue weighted by atomic mass is 16.5. The molecule has 0 bridgehead atoms. The van der Waals surface area contributed by atoms with Crippen molar-refractivity contribution in [2.45, 2.75) is 46.6 Å². The van der Waals surface area contributed by atoms with Gasteiger partial charge in [-0.05, 0) is 27.7 Å². The van der Waals surface area contributed by atoms with Gasteiger partial charge in [0, 0.05) is 19.9 Å². The standard InChI is InChI=1S/C13H22N4O4/c1-8-15-9(17-21-8)6-7-14-11(20)16-13(4,5)12(2,3)10(18)19/h6-7H2,1-5H3,(H,18,19)(H2,14,16,20). The maximum atomic E-state index is 11.8. The van der Waals surface area contributed by atoms with E-state index < -0.39 is 23.0 Å². The summed E-state index contributed by atoms with van der Waals surface area (Å²) in [6.45, 7) is 8.49. The van der Waals surface area contributed by atoms with Crippen molar-refractivity contribution in [3.8, 4) is 0 Å². The third-order valence-corrected chi connectivity index (χ3v) is 3.73. The zero-order chi connectivity index (χ0) is 16.3. The molecule has 0 aliphatic heterocycles. The van der Waals surface area contributed by atoms with E-state index in [0.717, 1.165) is 0 Å². The normalized spacial score (nSPS) is 12.0. The van der Waals surface area contributed by atoms with E-state index in [-0.39, 0.29) is 0 Å². The van der Waals surface area contributed by atoms with Crippen molar-refractivity contribution < 1.29 is 19.2 Å². The van der Waals surface area contributed by atoms with Crippen molar-refractivity contribution in [2.24, 2.45) is 5.41 Å². The summed E-state index contributed by atoms with van der Waals surface area (Å²) in [6, 6.07) is -0.436. The van der Waals surface area contributed by atoms with Gasteiger partial charge in [-0.15, -0.1) is 0 Å². The van der Waals surface area contributed by atoms with Crippen LogP contribution >= 0.6 is 0 Å². The maximum absolute atomic E-state index is 11.8. The second-order valence-electron chi connectivity index (χ2n) is 5.92. The second-order valence-corrected chi connectivity index (χ2v) is 5.92. The SMILES string of the molecule is Cc1nc(CCNC(=O)NC(C)(C)C(C)(C)C(=O)O)no1. The molecule has 0 saturated carbocycles. The molecular formula is C13H22N4O4. The molecule has 8 nitrogen and oxygen atoms in total. The summed E-state index contributed by atoms with van der Waals surface area (Å²) in [5.41, 5.74) is -2.01. The van der Waals surface area contributed by atoms with Crippen LogP contribution < -0.4 is 10.6 Å². The molecule has 8 heteroatoms. The van der Waals surface area contributed by atoms with Gasteiger partial charge >= 0.3 is 12.0 Å². The Balaban J connectivity index is 2.48. The largest absolute Gasteiger partial charge is 0.481 e. The third kappa shape index (κ3) is 4.17. The van der Waals surface area contributed by atoms with E-state index >= 15 is 0 Å². The number of amides is 2. The van der Waals surface area contributed by atoms with Gasteiger partial charge < -0.3 is 20.3 Å². The predicted octanol–water partition coefficient (Wildman–Crippen LogP) is 1.11. The van der Waals surface area contributed by atoms with Crippen LogP contribution in [-0.2, 0) is 11.2 Å². The number of aryl methyl sites for hydroxylation is 1. The molecule has 1 aromatic rings. The molecule has 0 aliphatic rings. The zero-order valence-electron chi connectivity index (χ0n) is 13.0. The summed E-state index contributed by atoms with van der Waals surface area (Å²) >= 11 is 0. The van der Waals surface area contributed by atoms with Crippen molar-refractivity contribution in [3.05, 3.63) is 11.7 Å². The zero-order valence-corrected chi connectivity index (χ0v) is 13.0. The van der Waals surface area contributed by atoms with Crippen LogP contribution in [0.1, 0.15) is 39.4 Å². The Morgan fingerprint density at radius 3 is 2.38 bits per heavy atom. The first-order chi connectivity index (χ1) is 9.56. The number of hydrogen-bond donors (Lipinski definition) is 3. The summed E-state index contributed by atoms with van der Waals surface area (Å²) in [6.07, 6.45) is 0.438. The van der Waals surface area contributed by atoms with Gasteiger partial charge in [0.05, 0.1) is 11.0 Å². The highest BCUT2D eigenvalue weighted by molar-refractivity contribution is 5.79. The molecule has 118 valence electrons. The van der Waals surface area contributed by atoms with Crippen LogP contribution in [0.25, 0.3) is 0 Å². The average Bonchev–Trinajstić information content (AvgIpc) is 2.73. The summed E-state index contributed by atoms with van der Waals surface area (Å²) in [5, 5.41) is 18.2. The van der Waals surface area contributed by atoms with Crippen LogP contribution in [0.15, 0.2) is 4.52 Å². The first-order valence-electron chi connectivity index (χ1n) is 6.65. The van der Waals surface area contributed by atoms with Gasteiger partial charge in [0.15, 0.2) is 5.82 Å².